The molecule has 1 N–H and O–H groups in total. The molecule has 0 saturated carbocycles. The van der Waals surface area contributed by atoms with Gasteiger partial charge in [-0.25, -0.2) is 0 Å². The Hall–Kier alpha value is -1.75. The quantitative estimate of drug-likeness (QED) is 0.831. The number of benzene rings is 1. The molecule has 0 aliphatic rings. The van der Waals surface area contributed by atoms with Gasteiger partial charge < -0.3 is 9.15 Å². The van der Waals surface area contributed by atoms with E-state index in [1.807, 2.05) is 0 Å². The highest BCUT2D eigenvalue weighted by molar-refractivity contribution is 6.23. The molecule has 0 aliphatic carbocycles. The summed E-state index contributed by atoms with van der Waals surface area (Å²) in [5, 5.41) is 7.52. The second-order valence-corrected chi connectivity index (χ2v) is 3.31. The van der Waals surface area contributed by atoms with E-state index in [-0.39, 0.29) is 6.61 Å². The molecule has 1 aromatic carbocycles. The molecule has 84 valence electrons. The Kier molecular flexibility index (Phi) is 3.26. The molecule has 0 amide bonds. The third kappa shape index (κ3) is 2.64. The molecule has 0 bridgehead atoms. The molecule has 5 nitrogen and oxygen atoms in total. The zero-order valence-electron chi connectivity index (χ0n) is 8.61. The Morgan fingerprint density at radius 3 is 2.62 bits per heavy atom. The number of aryl methyl sites for hydroxylation is 1. The van der Waals surface area contributed by atoms with Gasteiger partial charge in [0, 0.05) is 24.4 Å². The summed E-state index contributed by atoms with van der Waals surface area (Å²) >= 11 is 5.43. The van der Waals surface area contributed by atoms with Crippen molar-refractivity contribution in [2.75, 3.05) is 4.84 Å². The lowest BCUT2D eigenvalue weighted by Crippen LogP contribution is -1.95. The van der Waals surface area contributed by atoms with E-state index in [0.29, 0.717) is 17.5 Å². The molecule has 2 aromatic rings. The van der Waals surface area contributed by atoms with Gasteiger partial charge in [-0.3, -0.25) is 4.84 Å². The highest BCUT2D eigenvalue weighted by atomic mass is 35.5. The van der Waals surface area contributed by atoms with Crippen LogP contribution in [0.1, 0.15) is 11.8 Å². The van der Waals surface area contributed by atoms with E-state index in [4.69, 9.17) is 20.9 Å². The normalized spacial score (nSPS) is 10.1. The van der Waals surface area contributed by atoms with Gasteiger partial charge in [0.1, 0.15) is 5.75 Å². The van der Waals surface area contributed by atoms with Crippen LogP contribution in [0.25, 0.3) is 0 Å². The summed E-state index contributed by atoms with van der Waals surface area (Å²) in [5.41, 5.74) is 0.808. The number of rotatable bonds is 4. The van der Waals surface area contributed by atoms with Gasteiger partial charge in [0.05, 0.1) is 0 Å². The van der Waals surface area contributed by atoms with E-state index in [1.54, 1.807) is 31.2 Å². The predicted molar refractivity (Wildman–Crippen MR) is 59.3 cm³/mol. The fourth-order valence-corrected chi connectivity index (χ4v) is 1.28. The van der Waals surface area contributed by atoms with E-state index in [0.717, 1.165) is 5.69 Å². The van der Waals surface area contributed by atoms with Crippen LogP contribution in [0.5, 0.6) is 5.75 Å². The Morgan fingerprint density at radius 1 is 1.31 bits per heavy atom. The first-order chi connectivity index (χ1) is 7.78. The maximum absolute atomic E-state index is 5.44. The van der Waals surface area contributed by atoms with Crippen LogP contribution in [0.4, 0.5) is 5.69 Å². The first-order valence-corrected chi connectivity index (χ1v) is 5.04. The van der Waals surface area contributed by atoms with Crippen molar-refractivity contribution < 1.29 is 9.15 Å². The summed E-state index contributed by atoms with van der Waals surface area (Å²) in [6.07, 6.45) is 0. The minimum atomic E-state index is 0.258. The summed E-state index contributed by atoms with van der Waals surface area (Å²) in [5.74, 6) is 1.70. The molecule has 2 rings (SSSR count). The summed E-state index contributed by atoms with van der Waals surface area (Å²) in [7, 11) is 0. The summed E-state index contributed by atoms with van der Waals surface area (Å²) in [6, 6.07) is 7.21. The van der Waals surface area contributed by atoms with Gasteiger partial charge in [0.25, 0.3) is 5.89 Å². The number of hydrogen-bond acceptors (Lipinski definition) is 5. The fraction of sp³-hybridized carbons (Fsp3) is 0.200. The number of aromatic nitrogens is 2. The van der Waals surface area contributed by atoms with E-state index in [9.17, 15) is 0 Å². The number of nitrogens with zero attached hydrogens (tertiary/aromatic N) is 2. The Labute approximate surface area is 97.5 Å². The second-order valence-electron chi connectivity index (χ2n) is 3.12. The lowest BCUT2D eigenvalue weighted by molar-refractivity contribution is 0.260. The van der Waals surface area contributed by atoms with Crippen molar-refractivity contribution in [1.82, 2.24) is 10.2 Å². The molecular formula is C10H10ClN3O2. The van der Waals surface area contributed by atoms with Crippen LogP contribution in [-0.2, 0) is 6.61 Å². The van der Waals surface area contributed by atoms with Gasteiger partial charge in [-0.05, 0) is 24.3 Å². The lowest BCUT2D eigenvalue weighted by atomic mass is 10.3. The minimum absolute atomic E-state index is 0.258. The van der Waals surface area contributed by atoms with E-state index in [2.05, 4.69) is 15.0 Å². The molecule has 0 unspecified atom stereocenters. The van der Waals surface area contributed by atoms with Crippen LogP contribution in [0.3, 0.4) is 0 Å². The lowest BCUT2D eigenvalue weighted by Gasteiger charge is -2.03. The maximum Gasteiger partial charge on any atom is 0.253 e. The van der Waals surface area contributed by atoms with Crippen LogP contribution in [-0.4, -0.2) is 10.2 Å². The second kappa shape index (κ2) is 4.85. The van der Waals surface area contributed by atoms with Gasteiger partial charge in [0.15, 0.2) is 6.61 Å². The summed E-state index contributed by atoms with van der Waals surface area (Å²) < 4.78 is 10.6. The average molecular weight is 240 g/mol. The van der Waals surface area contributed by atoms with E-state index < -0.39 is 0 Å². The van der Waals surface area contributed by atoms with Crippen molar-refractivity contribution in [2.45, 2.75) is 13.5 Å². The monoisotopic (exact) mass is 239 g/mol. The topological polar surface area (TPSA) is 60.2 Å². The molecule has 0 spiro atoms. The van der Waals surface area contributed by atoms with Gasteiger partial charge in [0.2, 0.25) is 5.89 Å². The standard InChI is InChI=1S/C10H10ClN3O2/c1-7-13-14-10(16-7)6-15-9-4-2-8(12-11)3-5-9/h2-5,12H,6H2,1H3. The summed E-state index contributed by atoms with van der Waals surface area (Å²) in [4.78, 5) is 2.51. The Balaban J connectivity index is 1.94. The third-order valence-electron chi connectivity index (χ3n) is 1.89. The molecule has 6 heteroatoms. The van der Waals surface area contributed by atoms with Crippen LogP contribution >= 0.6 is 11.8 Å². The first kappa shape index (κ1) is 10.8. The van der Waals surface area contributed by atoms with Gasteiger partial charge in [-0.1, -0.05) is 0 Å². The van der Waals surface area contributed by atoms with Crippen molar-refractivity contribution in [3.8, 4) is 5.75 Å². The van der Waals surface area contributed by atoms with Gasteiger partial charge >= 0.3 is 0 Å². The van der Waals surface area contributed by atoms with Crippen LogP contribution in [0.15, 0.2) is 28.7 Å². The molecule has 1 aromatic heterocycles. The SMILES string of the molecule is Cc1nnc(COc2ccc(NCl)cc2)o1. The van der Waals surface area contributed by atoms with Gasteiger partial charge in [-0.2, -0.15) is 0 Å². The molecule has 0 fully saturated rings. The maximum atomic E-state index is 5.44. The summed E-state index contributed by atoms with van der Waals surface area (Å²) in [6.45, 7) is 1.99. The van der Waals surface area contributed by atoms with E-state index in [1.165, 1.54) is 0 Å². The smallest absolute Gasteiger partial charge is 0.253 e. The van der Waals surface area contributed by atoms with Crippen molar-refractivity contribution >= 4 is 17.5 Å². The molecule has 0 atom stereocenters. The largest absolute Gasteiger partial charge is 0.484 e. The van der Waals surface area contributed by atoms with Crippen LogP contribution in [0.2, 0.25) is 0 Å². The Bertz CT molecular complexity index is 455. The number of hydrogen-bond donors (Lipinski definition) is 1. The zero-order chi connectivity index (χ0) is 11.4. The number of halogens is 1. The predicted octanol–water partition coefficient (Wildman–Crippen LogP) is 2.52. The van der Waals surface area contributed by atoms with Crippen molar-refractivity contribution in [1.29, 1.82) is 0 Å². The number of nitrogens with one attached hydrogen (secondary N) is 1. The molecular weight excluding hydrogens is 230 g/mol. The van der Waals surface area contributed by atoms with Crippen LogP contribution < -0.4 is 9.57 Å². The molecule has 0 aliphatic heterocycles. The van der Waals surface area contributed by atoms with Crippen molar-refractivity contribution in [3.63, 3.8) is 0 Å². The fourth-order valence-electron chi connectivity index (χ4n) is 1.16. The average Bonchev–Trinajstić information content (AvgIpc) is 2.73. The highest BCUT2D eigenvalue weighted by Crippen LogP contribution is 2.17. The number of anilines is 1. The molecule has 16 heavy (non-hydrogen) atoms. The zero-order valence-corrected chi connectivity index (χ0v) is 9.36. The number of ether oxygens (including phenoxy) is 1. The Morgan fingerprint density at radius 2 is 2.06 bits per heavy atom. The minimum Gasteiger partial charge on any atom is -0.484 e. The third-order valence-corrected chi connectivity index (χ3v) is 2.11. The molecule has 0 radical (unpaired) electrons. The van der Waals surface area contributed by atoms with E-state index >= 15 is 0 Å². The molecule has 0 saturated heterocycles. The van der Waals surface area contributed by atoms with Crippen molar-refractivity contribution in [2.24, 2.45) is 0 Å². The van der Waals surface area contributed by atoms with Gasteiger partial charge in [-0.15, -0.1) is 10.2 Å². The van der Waals surface area contributed by atoms with Crippen molar-refractivity contribution in [3.05, 3.63) is 36.0 Å². The first-order valence-electron chi connectivity index (χ1n) is 4.66. The van der Waals surface area contributed by atoms with Crippen LogP contribution in [0, 0.1) is 6.92 Å². The molecule has 1 heterocycles. The highest BCUT2D eigenvalue weighted by Gasteiger charge is 2.02.